The molecule has 0 fully saturated rings. The number of anilines is 1. The van der Waals surface area contributed by atoms with Crippen LogP contribution in [0.25, 0.3) is 0 Å². The zero-order chi connectivity index (χ0) is 17.8. The van der Waals surface area contributed by atoms with E-state index in [-0.39, 0.29) is 25.0 Å². The van der Waals surface area contributed by atoms with E-state index in [9.17, 15) is 9.59 Å². The highest BCUT2D eigenvalue weighted by Crippen LogP contribution is 2.32. The Kier molecular flexibility index (Phi) is 5.33. The van der Waals surface area contributed by atoms with Crippen molar-refractivity contribution in [2.75, 3.05) is 24.6 Å². The molecular weight excluding hydrogens is 338 g/mol. The molecule has 0 atom stereocenters. The fourth-order valence-corrected chi connectivity index (χ4v) is 3.49. The van der Waals surface area contributed by atoms with Crippen molar-refractivity contribution in [2.45, 2.75) is 26.7 Å². The molecular formula is C18H21N3O3S. The van der Waals surface area contributed by atoms with Crippen LogP contribution >= 0.6 is 11.3 Å². The largest absolute Gasteiger partial charge is 0.482 e. The SMILES string of the molecule is Cc1ccc2c(c1)N(CC(=O)NCCCc1nc(C)cs1)C(=O)CO2. The van der Waals surface area contributed by atoms with Gasteiger partial charge in [0.05, 0.1) is 10.7 Å². The highest BCUT2D eigenvalue weighted by molar-refractivity contribution is 7.09. The Morgan fingerprint density at radius 3 is 3.00 bits per heavy atom. The summed E-state index contributed by atoms with van der Waals surface area (Å²) in [5.41, 5.74) is 2.70. The molecule has 0 radical (unpaired) electrons. The summed E-state index contributed by atoms with van der Waals surface area (Å²) < 4.78 is 5.42. The number of nitrogens with zero attached hydrogens (tertiary/aromatic N) is 2. The van der Waals surface area contributed by atoms with E-state index in [2.05, 4.69) is 10.3 Å². The first kappa shape index (κ1) is 17.4. The van der Waals surface area contributed by atoms with Crippen LogP contribution in [-0.4, -0.2) is 36.5 Å². The van der Waals surface area contributed by atoms with Gasteiger partial charge in [-0.15, -0.1) is 11.3 Å². The third-order valence-corrected chi connectivity index (χ3v) is 4.94. The number of thiazole rings is 1. The minimum Gasteiger partial charge on any atom is -0.482 e. The predicted molar refractivity (Wildman–Crippen MR) is 97.2 cm³/mol. The van der Waals surface area contributed by atoms with Crippen LogP contribution in [0.15, 0.2) is 23.6 Å². The standard InChI is InChI=1S/C18H21N3O3S/c1-12-5-6-15-14(8-12)21(18(23)10-24-15)9-16(22)19-7-3-4-17-20-13(2)11-25-17/h5-6,8,11H,3-4,7,9-10H2,1-2H3,(H,19,22). The number of amides is 2. The summed E-state index contributed by atoms with van der Waals surface area (Å²) in [6.45, 7) is 4.46. The van der Waals surface area contributed by atoms with Gasteiger partial charge in [0.1, 0.15) is 12.3 Å². The van der Waals surface area contributed by atoms with Crippen molar-refractivity contribution in [3.05, 3.63) is 39.8 Å². The number of fused-ring (bicyclic) bond motifs is 1. The number of nitrogens with one attached hydrogen (secondary N) is 1. The van der Waals surface area contributed by atoms with E-state index in [1.807, 2.05) is 37.4 Å². The van der Waals surface area contributed by atoms with Crippen molar-refractivity contribution in [1.82, 2.24) is 10.3 Å². The first-order valence-corrected chi connectivity index (χ1v) is 9.12. The second kappa shape index (κ2) is 7.65. The molecule has 0 spiro atoms. The molecule has 6 nitrogen and oxygen atoms in total. The molecule has 25 heavy (non-hydrogen) atoms. The van der Waals surface area contributed by atoms with Crippen LogP contribution in [0.5, 0.6) is 5.75 Å². The highest BCUT2D eigenvalue weighted by atomic mass is 32.1. The van der Waals surface area contributed by atoms with E-state index in [4.69, 9.17) is 4.74 Å². The Morgan fingerprint density at radius 2 is 2.24 bits per heavy atom. The van der Waals surface area contributed by atoms with Crippen molar-refractivity contribution in [1.29, 1.82) is 0 Å². The number of ether oxygens (including phenoxy) is 1. The molecule has 132 valence electrons. The van der Waals surface area contributed by atoms with E-state index >= 15 is 0 Å². The molecule has 0 saturated carbocycles. The maximum absolute atomic E-state index is 12.2. The Hall–Kier alpha value is -2.41. The number of hydrogen-bond donors (Lipinski definition) is 1. The molecule has 1 aliphatic rings. The molecule has 2 amide bonds. The first-order chi connectivity index (χ1) is 12.0. The van der Waals surface area contributed by atoms with Crippen LogP contribution in [0.1, 0.15) is 22.7 Å². The number of carbonyl (C=O) groups is 2. The molecule has 2 heterocycles. The van der Waals surface area contributed by atoms with E-state index in [1.165, 1.54) is 4.90 Å². The molecule has 1 N–H and O–H groups in total. The zero-order valence-corrected chi connectivity index (χ0v) is 15.2. The van der Waals surface area contributed by atoms with Crippen molar-refractivity contribution in [2.24, 2.45) is 0 Å². The maximum atomic E-state index is 12.2. The number of hydrogen-bond acceptors (Lipinski definition) is 5. The normalized spacial score (nSPS) is 13.4. The van der Waals surface area contributed by atoms with Crippen molar-refractivity contribution in [3.8, 4) is 5.75 Å². The Labute approximate surface area is 150 Å². The molecule has 7 heteroatoms. The summed E-state index contributed by atoms with van der Waals surface area (Å²) in [6, 6.07) is 5.62. The summed E-state index contributed by atoms with van der Waals surface area (Å²) in [7, 11) is 0. The molecule has 3 rings (SSSR count). The lowest BCUT2D eigenvalue weighted by molar-refractivity contribution is -0.125. The minimum atomic E-state index is -0.202. The lowest BCUT2D eigenvalue weighted by Gasteiger charge is -2.29. The Balaban J connectivity index is 1.52. The molecule has 0 bridgehead atoms. The van der Waals surface area contributed by atoms with Crippen LogP contribution in [0.2, 0.25) is 0 Å². The van der Waals surface area contributed by atoms with Gasteiger partial charge in [0.25, 0.3) is 5.91 Å². The zero-order valence-electron chi connectivity index (χ0n) is 14.4. The van der Waals surface area contributed by atoms with E-state index in [1.54, 1.807) is 11.3 Å². The molecule has 1 aromatic carbocycles. The van der Waals surface area contributed by atoms with Crippen LogP contribution in [0.3, 0.4) is 0 Å². The maximum Gasteiger partial charge on any atom is 0.265 e. The molecule has 0 saturated heterocycles. The topological polar surface area (TPSA) is 71.5 Å². The fourth-order valence-electron chi connectivity index (χ4n) is 2.67. The third-order valence-electron chi connectivity index (χ3n) is 3.92. The minimum absolute atomic E-state index is 0.00894. The summed E-state index contributed by atoms with van der Waals surface area (Å²) in [6.07, 6.45) is 1.67. The molecule has 2 aromatic rings. The van der Waals surface area contributed by atoms with Crippen LogP contribution in [0, 0.1) is 13.8 Å². The quantitative estimate of drug-likeness (QED) is 0.803. The van der Waals surface area contributed by atoms with E-state index in [0.717, 1.165) is 29.1 Å². The second-order valence-corrected chi connectivity index (χ2v) is 7.02. The average Bonchev–Trinajstić information content (AvgIpc) is 3.00. The molecule has 1 aliphatic heterocycles. The summed E-state index contributed by atoms with van der Waals surface area (Å²) in [5.74, 6) is 0.265. The number of carbonyl (C=O) groups excluding carboxylic acids is 2. The Bertz CT molecular complexity index is 788. The average molecular weight is 359 g/mol. The lowest BCUT2D eigenvalue weighted by Crippen LogP contribution is -2.45. The molecule has 1 aromatic heterocycles. The van der Waals surface area contributed by atoms with E-state index in [0.29, 0.717) is 18.0 Å². The molecule has 0 aliphatic carbocycles. The van der Waals surface area contributed by atoms with Gasteiger partial charge in [0.15, 0.2) is 6.61 Å². The number of aromatic nitrogens is 1. The van der Waals surface area contributed by atoms with Gasteiger partial charge in [-0.3, -0.25) is 14.5 Å². The monoisotopic (exact) mass is 359 g/mol. The van der Waals surface area contributed by atoms with Crippen LogP contribution < -0.4 is 15.0 Å². The third kappa shape index (κ3) is 4.36. The summed E-state index contributed by atoms with van der Waals surface area (Å²) >= 11 is 1.64. The first-order valence-electron chi connectivity index (χ1n) is 8.24. The van der Waals surface area contributed by atoms with Crippen LogP contribution in [-0.2, 0) is 16.0 Å². The van der Waals surface area contributed by atoms with Gasteiger partial charge in [0.2, 0.25) is 5.91 Å². The van der Waals surface area contributed by atoms with Gasteiger partial charge < -0.3 is 10.1 Å². The number of rotatable bonds is 6. The lowest BCUT2D eigenvalue weighted by atomic mass is 10.1. The van der Waals surface area contributed by atoms with Gasteiger partial charge in [-0.25, -0.2) is 4.98 Å². The Morgan fingerprint density at radius 1 is 1.40 bits per heavy atom. The van der Waals surface area contributed by atoms with Crippen molar-refractivity contribution in [3.63, 3.8) is 0 Å². The summed E-state index contributed by atoms with van der Waals surface area (Å²) in [5, 5.41) is 5.98. The molecule has 0 unspecified atom stereocenters. The van der Waals surface area contributed by atoms with E-state index < -0.39 is 0 Å². The predicted octanol–water partition coefficient (Wildman–Crippen LogP) is 2.23. The van der Waals surface area contributed by atoms with Crippen LogP contribution in [0.4, 0.5) is 5.69 Å². The summed E-state index contributed by atoms with van der Waals surface area (Å²) in [4.78, 5) is 30.2. The van der Waals surface area contributed by atoms with Gasteiger partial charge in [-0.05, 0) is 38.0 Å². The van der Waals surface area contributed by atoms with Gasteiger partial charge in [-0.2, -0.15) is 0 Å². The fraction of sp³-hybridized carbons (Fsp3) is 0.389. The van der Waals surface area contributed by atoms with Gasteiger partial charge in [0, 0.05) is 24.0 Å². The van der Waals surface area contributed by atoms with Gasteiger partial charge >= 0.3 is 0 Å². The number of aryl methyl sites for hydroxylation is 3. The van der Waals surface area contributed by atoms with Crippen molar-refractivity contribution < 1.29 is 14.3 Å². The smallest absolute Gasteiger partial charge is 0.265 e. The van der Waals surface area contributed by atoms with Gasteiger partial charge in [-0.1, -0.05) is 6.07 Å². The highest BCUT2D eigenvalue weighted by Gasteiger charge is 2.27. The van der Waals surface area contributed by atoms with Crippen molar-refractivity contribution >= 4 is 28.8 Å². The second-order valence-electron chi connectivity index (χ2n) is 6.08. The number of benzene rings is 1.